The van der Waals surface area contributed by atoms with Gasteiger partial charge >= 0.3 is 0 Å². The van der Waals surface area contributed by atoms with E-state index in [1.54, 1.807) is 25.3 Å². The van der Waals surface area contributed by atoms with Gasteiger partial charge in [0, 0.05) is 35.0 Å². The highest BCUT2D eigenvalue weighted by Gasteiger charge is 2.13. The summed E-state index contributed by atoms with van der Waals surface area (Å²) in [7, 11) is -0.937. The molecule has 1 N–H and O–H groups in total. The van der Waals surface area contributed by atoms with E-state index in [1.807, 2.05) is 0 Å². The number of carbonyl (C=O) groups excluding carboxylic acids is 1. The molecule has 0 saturated heterocycles. The van der Waals surface area contributed by atoms with E-state index >= 15 is 0 Å². The standard InChI is InChI=1S/C10H13ClN2O2S/c1-7(6-16(2)15)13-10(14)8-4-3-5-12-9(8)11/h3-5,7H,6H2,1-2H3,(H,13,14). The largest absolute Gasteiger partial charge is 0.349 e. The van der Waals surface area contributed by atoms with Gasteiger partial charge in [-0.3, -0.25) is 9.00 Å². The van der Waals surface area contributed by atoms with Crippen molar-refractivity contribution in [3.8, 4) is 0 Å². The van der Waals surface area contributed by atoms with Crippen molar-refractivity contribution in [3.63, 3.8) is 0 Å². The van der Waals surface area contributed by atoms with Gasteiger partial charge in [-0.1, -0.05) is 11.6 Å². The van der Waals surface area contributed by atoms with Gasteiger partial charge in [-0.15, -0.1) is 0 Å². The quantitative estimate of drug-likeness (QED) is 0.829. The Morgan fingerprint density at radius 3 is 2.94 bits per heavy atom. The Bertz CT molecular complexity index is 412. The second kappa shape index (κ2) is 5.96. The lowest BCUT2D eigenvalue weighted by Crippen LogP contribution is -2.36. The summed E-state index contributed by atoms with van der Waals surface area (Å²) < 4.78 is 11.0. The van der Waals surface area contributed by atoms with Gasteiger partial charge in [0.05, 0.1) is 5.56 Å². The van der Waals surface area contributed by atoms with Crippen molar-refractivity contribution in [1.82, 2.24) is 10.3 Å². The average molecular weight is 261 g/mol. The molecule has 1 aromatic rings. The van der Waals surface area contributed by atoms with E-state index < -0.39 is 10.8 Å². The molecule has 1 heterocycles. The zero-order valence-corrected chi connectivity index (χ0v) is 10.6. The molecular weight excluding hydrogens is 248 g/mol. The van der Waals surface area contributed by atoms with Gasteiger partial charge in [0.15, 0.2) is 0 Å². The fraction of sp³-hybridized carbons (Fsp3) is 0.400. The summed E-state index contributed by atoms with van der Waals surface area (Å²) in [6.07, 6.45) is 3.11. The van der Waals surface area contributed by atoms with Crippen LogP contribution in [0.1, 0.15) is 17.3 Å². The molecule has 0 aliphatic carbocycles. The van der Waals surface area contributed by atoms with Gasteiger partial charge in [0.2, 0.25) is 0 Å². The van der Waals surface area contributed by atoms with Crippen LogP contribution in [0.25, 0.3) is 0 Å². The van der Waals surface area contributed by atoms with Crippen LogP contribution in [0.2, 0.25) is 5.15 Å². The molecule has 1 rings (SSSR count). The molecule has 0 radical (unpaired) electrons. The zero-order valence-electron chi connectivity index (χ0n) is 9.07. The van der Waals surface area contributed by atoms with Gasteiger partial charge in [-0.05, 0) is 19.1 Å². The number of hydrogen-bond donors (Lipinski definition) is 1. The van der Waals surface area contributed by atoms with E-state index in [2.05, 4.69) is 10.3 Å². The van der Waals surface area contributed by atoms with Crippen LogP contribution in [-0.4, -0.2) is 33.2 Å². The first-order chi connectivity index (χ1) is 7.50. The molecule has 0 fully saturated rings. The Morgan fingerprint density at radius 1 is 1.69 bits per heavy atom. The van der Waals surface area contributed by atoms with Crippen molar-refractivity contribution in [3.05, 3.63) is 29.0 Å². The highest BCUT2D eigenvalue weighted by molar-refractivity contribution is 7.84. The minimum Gasteiger partial charge on any atom is -0.349 e. The Labute approximate surface area is 102 Å². The predicted octanol–water partition coefficient (Wildman–Crippen LogP) is 1.23. The Hall–Kier alpha value is -0.940. The molecule has 6 heteroatoms. The van der Waals surface area contributed by atoms with Crippen molar-refractivity contribution in [2.75, 3.05) is 12.0 Å². The van der Waals surface area contributed by atoms with E-state index in [0.717, 1.165) is 0 Å². The number of nitrogens with one attached hydrogen (secondary N) is 1. The number of hydrogen-bond acceptors (Lipinski definition) is 3. The molecular formula is C10H13ClN2O2S. The van der Waals surface area contributed by atoms with Crippen LogP contribution in [0.15, 0.2) is 18.3 Å². The summed E-state index contributed by atoms with van der Waals surface area (Å²) in [5, 5.41) is 2.88. The van der Waals surface area contributed by atoms with Crippen LogP contribution in [0, 0.1) is 0 Å². The Balaban J connectivity index is 2.66. The van der Waals surface area contributed by atoms with E-state index in [9.17, 15) is 9.00 Å². The maximum absolute atomic E-state index is 11.7. The van der Waals surface area contributed by atoms with Crippen molar-refractivity contribution in [2.45, 2.75) is 13.0 Å². The normalized spacial score (nSPS) is 14.2. The summed E-state index contributed by atoms with van der Waals surface area (Å²) in [6, 6.07) is 3.08. The molecule has 16 heavy (non-hydrogen) atoms. The lowest BCUT2D eigenvalue weighted by Gasteiger charge is -2.12. The first-order valence-corrected chi connectivity index (χ1v) is 6.82. The molecule has 1 amide bonds. The lowest BCUT2D eigenvalue weighted by atomic mass is 10.2. The second-order valence-corrected chi connectivity index (χ2v) is 5.29. The monoisotopic (exact) mass is 260 g/mol. The molecule has 88 valence electrons. The van der Waals surface area contributed by atoms with Gasteiger partial charge < -0.3 is 5.32 Å². The number of carbonyl (C=O) groups is 1. The molecule has 4 nitrogen and oxygen atoms in total. The van der Waals surface area contributed by atoms with Gasteiger partial charge in [-0.25, -0.2) is 4.98 Å². The van der Waals surface area contributed by atoms with E-state index in [1.165, 1.54) is 6.20 Å². The summed E-state index contributed by atoms with van der Waals surface area (Å²) in [4.78, 5) is 15.5. The van der Waals surface area contributed by atoms with Crippen LogP contribution < -0.4 is 5.32 Å². The smallest absolute Gasteiger partial charge is 0.254 e. The van der Waals surface area contributed by atoms with Gasteiger partial charge in [0.1, 0.15) is 5.15 Å². The number of pyridine rings is 1. The summed E-state index contributed by atoms with van der Waals surface area (Å²) in [5.41, 5.74) is 0.331. The number of aromatic nitrogens is 1. The van der Waals surface area contributed by atoms with Crippen molar-refractivity contribution < 1.29 is 9.00 Å². The molecule has 2 unspecified atom stereocenters. The SMILES string of the molecule is CC(CS(C)=O)NC(=O)c1cccnc1Cl. The number of nitrogens with zero attached hydrogens (tertiary/aromatic N) is 1. The minimum atomic E-state index is -0.937. The number of halogens is 1. The zero-order chi connectivity index (χ0) is 12.1. The highest BCUT2D eigenvalue weighted by atomic mass is 35.5. The average Bonchev–Trinajstić information content (AvgIpc) is 2.16. The summed E-state index contributed by atoms with van der Waals surface area (Å²) in [6.45, 7) is 1.80. The van der Waals surface area contributed by atoms with Crippen LogP contribution in [0.4, 0.5) is 0 Å². The van der Waals surface area contributed by atoms with Crippen LogP contribution in [0.5, 0.6) is 0 Å². The van der Waals surface area contributed by atoms with Gasteiger partial charge in [-0.2, -0.15) is 0 Å². The minimum absolute atomic E-state index is 0.158. The van der Waals surface area contributed by atoms with E-state index in [4.69, 9.17) is 11.6 Å². The van der Waals surface area contributed by atoms with Crippen molar-refractivity contribution in [1.29, 1.82) is 0 Å². The molecule has 0 aliphatic heterocycles. The molecule has 0 saturated carbocycles. The Kier molecular flexibility index (Phi) is 4.89. The van der Waals surface area contributed by atoms with Gasteiger partial charge in [0.25, 0.3) is 5.91 Å². The predicted molar refractivity (Wildman–Crippen MR) is 65.1 cm³/mol. The summed E-state index contributed by atoms with van der Waals surface area (Å²) in [5.74, 6) is 0.125. The molecule has 0 aromatic carbocycles. The lowest BCUT2D eigenvalue weighted by molar-refractivity contribution is 0.0943. The molecule has 0 bridgehead atoms. The molecule has 2 atom stereocenters. The fourth-order valence-corrected chi connectivity index (χ4v) is 2.24. The number of rotatable bonds is 4. The first kappa shape index (κ1) is 13.1. The molecule has 0 aliphatic rings. The highest BCUT2D eigenvalue weighted by Crippen LogP contribution is 2.11. The fourth-order valence-electron chi connectivity index (χ4n) is 1.25. The molecule has 0 spiro atoms. The third-order valence-corrected chi connectivity index (χ3v) is 3.14. The van der Waals surface area contributed by atoms with E-state index in [0.29, 0.717) is 11.3 Å². The van der Waals surface area contributed by atoms with E-state index in [-0.39, 0.29) is 17.1 Å². The third kappa shape index (κ3) is 3.90. The van der Waals surface area contributed by atoms with Crippen molar-refractivity contribution >= 4 is 28.3 Å². The van der Waals surface area contributed by atoms with Crippen LogP contribution in [0.3, 0.4) is 0 Å². The third-order valence-electron chi connectivity index (χ3n) is 1.87. The van der Waals surface area contributed by atoms with Crippen LogP contribution in [-0.2, 0) is 10.8 Å². The van der Waals surface area contributed by atoms with Crippen LogP contribution >= 0.6 is 11.6 Å². The first-order valence-electron chi connectivity index (χ1n) is 4.72. The maximum Gasteiger partial charge on any atom is 0.254 e. The summed E-state index contributed by atoms with van der Waals surface area (Å²) >= 11 is 5.78. The Morgan fingerprint density at radius 2 is 2.38 bits per heavy atom. The van der Waals surface area contributed by atoms with Crippen molar-refractivity contribution in [2.24, 2.45) is 0 Å². The molecule has 1 aromatic heterocycles. The second-order valence-electron chi connectivity index (χ2n) is 3.46. The topological polar surface area (TPSA) is 59.1 Å². The maximum atomic E-state index is 11.7. The number of amides is 1.